The van der Waals surface area contributed by atoms with Crippen LogP contribution in [0.25, 0.3) is 0 Å². The molecule has 0 aromatic heterocycles. The van der Waals surface area contributed by atoms with Crippen LogP contribution in [0.4, 0.5) is 8.78 Å². The Morgan fingerprint density at radius 1 is 1.47 bits per heavy atom. The maximum Gasteiger partial charge on any atom is 0.245 e. The van der Waals surface area contributed by atoms with Crippen LogP contribution < -0.4 is 0 Å². The Morgan fingerprint density at radius 3 is 2.47 bits per heavy atom. The highest BCUT2D eigenvalue weighted by Crippen LogP contribution is 2.22. The minimum absolute atomic E-state index is 0.214. The lowest BCUT2D eigenvalue weighted by atomic mass is 10.2. The molecule has 0 aliphatic carbocycles. The first kappa shape index (κ1) is 16.3. The Bertz CT molecular complexity index is 357. The van der Waals surface area contributed by atoms with Crippen molar-refractivity contribution < 1.29 is 21.9 Å². The van der Waals surface area contributed by atoms with E-state index in [0.29, 0.717) is 6.92 Å². The minimum Gasteiger partial charge on any atom is -0.385 e. The molecule has 0 saturated heterocycles. The second kappa shape index (κ2) is 6.87. The molecule has 4 nitrogen and oxygen atoms in total. The van der Waals surface area contributed by atoms with Crippen LogP contribution in [0.2, 0.25) is 0 Å². The number of ether oxygens (including phenoxy) is 1. The fourth-order valence-electron chi connectivity index (χ4n) is 1.26. The average molecular weight is 269 g/mol. The predicted molar refractivity (Wildman–Crippen MR) is 59.5 cm³/mol. The van der Waals surface area contributed by atoms with Gasteiger partial charge in [0, 0.05) is 20.1 Å². The van der Waals surface area contributed by atoms with Crippen LogP contribution in [0.5, 0.6) is 0 Å². The molecule has 0 saturated carbocycles. The summed E-state index contributed by atoms with van der Waals surface area (Å²) in [7, 11) is -2.21. The molecule has 0 N–H and O–H groups in total. The summed E-state index contributed by atoms with van der Waals surface area (Å²) in [6.45, 7) is 0.973. The normalized spacial score (nSPS) is 14.3. The van der Waals surface area contributed by atoms with Gasteiger partial charge in [-0.3, -0.25) is 0 Å². The zero-order valence-corrected chi connectivity index (χ0v) is 10.8. The van der Waals surface area contributed by atoms with Crippen LogP contribution in [0.3, 0.4) is 0 Å². The molecule has 0 heterocycles. The van der Waals surface area contributed by atoms with Gasteiger partial charge in [-0.15, -0.1) is 0 Å². The molecule has 0 radical (unpaired) electrons. The smallest absolute Gasteiger partial charge is 0.245 e. The largest absolute Gasteiger partial charge is 0.385 e. The van der Waals surface area contributed by atoms with Crippen LogP contribution in [0, 0.1) is 11.3 Å². The van der Waals surface area contributed by atoms with Crippen molar-refractivity contribution in [2.75, 3.05) is 19.5 Å². The number of nitrogens with zero attached hydrogens (tertiary/aromatic N) is 1. The van der Waals surface area contributed by atoms with Gasteiger partial charge in [0.15, 0.2) is 9.84 Å². The first-order chi connectivity index (χ1) is 7.73. The van der Waals surface area contributed by atoms with Crippen LogP contribution in [0.1, 0.15) is 26.2 Å². The molecule has 17 heavy (non-hydrogen) atoms. The number of alkyl halides is 2. The van der Waals surface area contributed by atoms with Gasteiger partial charge in [0.05, 0.1) is 11.8 Å². The monoisotopic (exact) mass is 269 g/mol. The van der Waals surface area contributed by atoms with Crippen LogP contribution >= 0.6 is 0 Å². The van der Waals surface area contributed by atoms with Crippen molar-refractivity contribution in [1.82, 2.24) is 0 Å². The van der Waals surface area contributed by atoms with Gasteiger partial charge in [0.2, 0.25) is 5.92 Å². The molecule has 0 aliphatic heterocycles. The van der Waals surface area contributed by atoms with Gasteiger partial charge >= 0.3 is 0 Å². The Balaban J connectivity index is 4.40. The first-order valence-corrected chi connectivity index (χ1v) is 6.92. The quantitative estimate of drug-likeness (QED) is 0.630. The Kier molecular flexibility index (Phi) is 6.57. The third kappa shape index (κ3) is 7.23. The SMILES string of the molecule is COCCCS(=O)(=O)C(C#N)CCC(C)(F)F. The molecular weight excluding hydrogens is 252 g/mol. The molecule has 0 aliphatic rings. The number of halogens is 2. The molecular formula is C10H17F2NO3S. The number of hydrogen-bond acceptors (Lipinski definition) is 4. The van der Waals surface area contributed by atoms with E-state index < -0.39 is 27.4 Å². The van der Waals surface area contributed by atoms with E-state index in [1.54, 1.807) is 6.07 Å². The van der Waals surface area contributed by atoms with Crippen LogP contribution in [-0.2, 0) is 14.6 Å². The summed E-state index contributed by atoms with van der Waals surface area (Å²) in [5, 5.41) is 7.35. The van der Waals surface area contributed by atoms with Crippen molar-refractivity contribution in [1.29, 1.82) is 5.26 Å². The fourth-order valence-corrected chi connectivity index (χ4v) is 2.70. The molecule has 0 rings (SSSR count). The lowest BCUT2D eigenvalue weighted by Crippen LogP contribution is -2.25. The van der Waals surface area contributed by atoms with E-state index in [4.69, 9.17) is 10.00 Å². The summed E-state index contributed by atoms with van der Waals surface area (Å²) in [6, 6.07) is 1.58. The minimum atomic E-state index is -3.64. The van der Waals surface area contributed by atoms with E-state index in [1.165, 1.54) is 7.11 Å². The highest BCUT2D eigenvalue weighted by atomic mass is 32.2. The number of rotatable bonds is 8. The van der Waals surface area contributed by atoms with Gasteiger partial charge in [-0.05, 0) is 19.8 Å². The summed E-state index contributed by atoms with van der Waals surface area (Å²) in [4.78, 5) is 0. The molecule has 0 fully saturated rings. The summed E-state index contributed by atoms with van der Waals surface area (Å²) in [6.07, 6.45) is -0.677. The topological polar surface area (TPSA) is 67.2 Å². The number of nitriles is 1. The Morgan fingerprint density at radius 2 is 2.06 bits per heavy atom. The third-order valence-electron chi connectivity index (χ3n) is 2.20. The maximum atomic E-state index is 12.6. The number of methoxy groups -OCH3 is 1. The Hall–Kier alpha value is -0.740. The summed E-state index contributed by atoms with van der Waals surface area (Å²) in [5.74, 6) is -3.16. The molecule has 0 bridgehead atoms. The van der Waals surface area contributed by atoms with Gasteiger partial charge in [-0.2, -0.15) is 5.26 Å². The fraction of sp³-hybridized carbons (Fsp3) is 0.900. The van der Waals surface area contributed by atoms with Crippen LogP contribution in [0.15, 0.2) is 0 Å². The number of hydrogen-bond donors (Lipinski definition) is 0. The van der Waals surface area contributed by atoms with Gasteiger partial charge in [-0.25, -0.2) is 17.2 Å². The van der Waals surface area contributed by atoms with Crippen LogP contribution in [-0.4, -0.2) is 39.1 Å². The van der Waals surface area contributed by atoms with E-state index in [0.717, 1.165) is 0 Å². The van der Waals surface area contributed by atoms with Gasteiger partial charge in [-0.1, -0.05) is 0 Å². The standard InChI is InChI=1S/C10H17F2NO3S/c1-10(11,12)5-4-9(8-13)17(14,15)7-3-6-16-2/h9H,3-7H2,1-2H3. The molecule has 0 amide bonds. The second-order valence-electron chi connectivity index (χ2n) is 3.94. The molecule has 0 aromatic carbocycles. The van der Waals surface area contributed by atoms with E-state index in [2.05, 4.69) is 0 Å². The summed E-state index contributed by atoms with van der Waals surface area (Å²) < 4.78 is 53.1. The highest BCUT2D eigenvalue weighted by Gasteiger charge is 2.29. The van der Waals surface area contributed by atoms with Crippen molar-refractivity contribution in [2.24, 2.45) is 0 Å². The van der Waals surface area contributed by atoms with E-state index >= 15 is 0 Å². The summed E-state index contributed by atoms with van der Waals surface area (Å²) >= 11 is 0. The molecule has 100 valence electrons. The number of sulfone groups is 1. The molecule has 0 spiro atoms. The zero-order chi connectivity index (χ0) is 13.5. The van der Waals surface area contributed by atoms with Crippen molar-refractivity contribution in [3.63, 3.8) is 0 Å². The highest BCUT2D eigenvalue weighted by molar-refractivity contribution is 7.92. The summed E-state index contributed by atoms with van der Waals surface area (Å²) in [5.41, 5.74) is 0. The maximum absolute atomic E-state index is 12.6. The van der Waals surface area contributed by atoms with Crippen molar-refractivity contribution in [3.8, 4) is 6.07 Å². The zero-order valence-electron chi connectivity index (χ0n) is 9.95. The average Bonchev–Trinajstić information content (AvgIpc) is 2.16. The predicted octanol–water partition coefficient (Wildman–Crippen LogP) is 1.77. The van der Waals surface area contributed by atoms with Crippen molar-refractivity contribution >= 4 is 9.84 Å². The molecule has 7 heteroatoms. The van der Waals surface area contributed by atoms with E-state index in [-0.39, 0.29) is 25.2 Å². The first-order valence-electron chi connectivity index (χ1n) is 5.21. The molecule has 0 aromatic rings. The van der Waals surface area contributed by atoms with Crippen molar-refractivity contribution in [3.05, 3.63) is 0 Å². The third-order valence-corrected chi connectivity index (χ3v) is 4.27. The second-order valence-corrected chi connectivity index (χ2v) is 6.24. The Labute approximate surface area is 100 Å². The molecule has 1 atom stereocenters. The molecule has 1 unspecified atom stereocenters. The van der Waals surface area contributed by atoms with Gasteiger partial charge in [0.1, 0.15) is 5.25 Å². The van der Waals surface area contributed by atoms with E-state index in [9.17, 15) is 17.2 Å². The van der Waals surface area contributed by atoms with E-state index in [1.807, 2.05) is 0 Å². The van der Waals surface area contributed by atoms with Gasteiger partial charge in [0.25, 0.3) is 0 Å². The lowest BCUT2D eigenvalue weighted by molar-refractivity contribution is 0.0116. The van der Waals surface area contributed by atoms with Crippen molar-refractivity contribution in [2.45, 2.75) is 37.4 Å². The lowest BCUT2D eigenvalue weighted by Gasteiger charge is -2.13. The van der Waals surface area contributed by atoms with Gasteiger partial charge < -0.3 is 4.74 Å².